The van der Waals surface area contributed by atoms with Gasteiger partial charge in [-0.1, -0.05) is 18.2 Å². The first-order valence-corrected chi connectivity index (χ1v) is 4.76. The molecule has 1 amide bonds. The van der Waals surface area contributed by atoms with Crippen molar-refractivity contribution < 1.29 is 14.7 Å². The fraction of sp³-hybridized carbons (Fsp3) is 0.167. The van der Waals surface area contributed by atoms with Gasteiger partial charge in [0.05, 0.1) is 5.56 Å². The minimum absolute atomic E-state index is 0.1000. The SMILES string of the molecule is C=C(C)CNC(=O)c1cccc(C(=O)O)c1. The Balaban J connectivity index is 2.79. The Labute approximate surface area is 93.6 Å². The zero-order valence-corrected chi connectivity index (χ0v) is 8.99. The lowest BCUT2D eigenvalue weighted by Gasteiger charge is -2.05. The summed E-state index contributed by atoms with van der Waals surface area (Å²) in [5, 5.41) is 11.4. The second-order valence-corrected chi connectivity index (χ2v) is 3.53. The van der Waals surface area contributed by atoms with E-state index < -0.39 is 5.97 Å². The van der Waals surface area contributed by atoms with Crippen molar-refractivity contribution in [1.82, 2.24) is 5.32 Å². The zero-order valence-electron chi connectivity index (χ0n) is 8.99. The highest BCUT2D eigenvalue weighted by molar-refractivity contribution is 5.97. The second-order valence-electron chi connectivity index (χ2n) is 3.53. The van der Waals surface area contributed by atoms with Crippen molar-refractivity contribution in [2.24, 2.45) is 0 Å². The molecule has 0 aromatic heterocycles. The molecular formula is C12H13NO3. The van der Waals surface area contributed by atoms with Crippen molar-refractivity contribution in [3.05, 3.63) is 47.5 Å². The Hall–Kier alpha value is -2.10. The number of hydrogen-bond acceptors (Lipinski definition) is 2. The van der Waals surface area contributed by atoms with Crippen LogP contribution in [0.15, 0.2) is 36.4 Å². The molecule has 0 saturated carbocycles. The van der Waals surface area contributed by atoms with Gasteiger partial charge in [0.15, 0.2) is 0 Å². The van der Waals surface area contributed by atoms with Gasteiger partial charge in [0.1, 0.15) is 0 Å². The van der Waals surface area contributed by atoms with E-state index in [-0.39, 0.29) is 11.5 Å². The number of hydrogen-bond donors (Lipinski definition) is 2. The molecule has 0 saturated heterocycles. The average Bonchev–Trinajstić information content (AvgIpc) is 2.26. The van der Waals surface area contributed by atoms with E-state index >= 15 is 0 Å². The highest BCUT2D eigenvalue weighted by Gasteiger charge is 2.08. The predicted molar refractivity (Wildman–Crippen MR) is 60.5 cm³/mol. The van der Waals surface area contributed by atoms with Crippen LogP contribution in [-0.2, 0) is 0 Å². The van der Waals surface area contributed by atoms with Crippen LogP contribution in [0, 0.1) is 0 Å². The summed E-state index contributed by atoms with van der Waals surface area (Å²) in [5.41, 5.74) is 1.27. The molecule has 0 atom stereocenters. The van der Waals surface area contributed by atoms with E-state index in [9.17, 15) is 9.59 Å². The van der Waals surface area contributed by atoms with Crippen LogP contribution in [0.2, 0.25) is 0 Å². The average molecular weight is 219 g/mol. The molecule has 2 N–H and O–H groups in total. The minimum atomic E-state index is -1.05. The van der Waals surface area contributed by atoms with Crippen LogP contribution in [0.25, 0.3) is 0 Å². The van der Waals surface area contributed by atoms with Crippen LogP contribution in [0.4, 0.5) is 0 Å². The summed E-state index contributed by atoms with van der Waals surface area (Å²) in [4.78, 5) is 22.3. The summed E-state index contributed by atoms with van der Waals surface area (Å²) >= 11 is 0. The Morgan fingerprint density at radius 1 is 1.38 bits per heavy atom. The first-order chi connectivity index (χ1) is 7.50. The van der Waals surface area contributed by atoms with Gasteiger partial charge in [-0.15, -0.1) is 0 Å². The summed E-state index contributed by atoms with van der Waals surface area (Å²) in [5.74, 6) is -1.35. The summed E-state index contributed by atoms with van der Waals surface area (Å²) in [6, 6.07) is 5.90. The lowest BCUT2D eigenvalue weighted by atomic mass is 10.1. The number of nitrogens with one attached hydrogen (secondary N) is 1. The number of rotatable bonds is 4. The summed E-state index contributed by atoms with van der Waals surface area (Å²) in [7, 11) is 0. The maximum absolute atomic E-state index is 11.6. The third kappa shape index (κ3) is 3.24. The number of carbonyl (C=O) groups excluding carboxylic acids is 1. The lowest BCUT2D eigenvalue weighted by Crippen LogP contribution is -2.25. The Morgan fingerprint density at radius 2 is 2.00 bits per heavy atom. The maximum atomic E-state index is 11.6. The van der Waals surface area contributed by atoms with Crippen LogP contribution < -0.4 is 5.32 Å². The molecule has 0 aliphatic carbocycles. The normalized spacial score (nSPS) is 9.56. The summed E-state index contributed by atoms with van der Waals surface area (Å²) in [6.45, 7) is 5.84. The monoisotopic (exact) mass is 219 g/mol. The van der Waals surface area contributed by atoms with Gasteiger partial charge in [-0.25, -0.2) is 4.79 Å². The molecule has 1 aromatic rings. The van der Waals surface area contributed by atoms with Gasteiger partial charge in [0.25, 0.3) is 5.91 Å². The molecule has 0 bridgehead atoms. The molecule has 0 spiro atoms. The van der Waals surface area contributed by atoms with E-state index in [1.54, 1.807) is 19.1 Å². The molecule has 4 heteroatoms. The van der Waals surface area contributed by atoms with Crippen molar-refractivity contribution in [1.29, 1.82) is 0 Å². The van der Waals surface area contributed by atoms with Gasteiger partial charge in [-0.3, -0.25) is 4.79 Å². The molecule has 84 valence electrons. The van der Waals surface area contributed by atoms with E-state index in [1.165, 1.54) is 12.1 Å². The Bertz CT molecular complexity index is 438. The Morgan fingerprint density at radius 3 is 2.56 bits per heavy atom. The highest BCUT2D eigenvalue weighted by Crippen LogP contribution is 2.05. The minimum Gasteiger partial charge on any atom is -0.478 e. The molecule has 0 aliphatic rings. The molecule has 1 rings (SSSR count). The first kappa shape index (κ1) is 12.0. The smallest absolute Gasteiger partial charge is 0.335 e. The van der Waals surface area contributed by atoms with Crippen LogP contribution in [0.1, 0.15) is 27.6 Å². The van der Waals surface area contributed by atoms with Gasteiger partial charge in [-0.2, -0.15) is 0 Å². The number of carbonyl (C=O) groups is 2. The van der Waals surface area contributed by atoms with Crippen LogP contribution in [0.3, 0.4) is 0 Å². The molecule has 0 fully saturated rings. The number of carboxylic acids is 1. The molecule has 0 aliphatic heterocycles. The van der Waals surface area contributed by atoms with Crippen molar-refractivity contribution in [3.63, 3.8) is 0 Å². The van der Waals surface area contributed by atoms with Crippen molar-refractivity contribution in [3.8, 4) is 0 Å². The van der Waals surface area contributed by atoms with Crippen LogP contribution >= 0.6 is 0 Å². The van der Waals surface area contributed by atoms with Crippen molar-refractivity contribution in [2.45, 2.75) is 6.92 Å². The van der Waals surface area contributed by atoms with Crippen LogP contribution in [-0.4, -0.2) is 23.5 Å². The third-order valence-electron chi connectivity index (χ3n) is 1.92. The summed E-state index contributed by atoms with van der Waals surface area (Å²) < 4.78 is 0. The number of amides is 1. The molecule has 4 nitrogen and oxygen atoms in total. The molecule has 1 aromatic carbocycles. The quantitative estimate of drug-likeness (QED) is 0.757. The van der Waals surface area contributed by atoms with Gasteiger partial charge in [0, 0.05) is 12.1 Å². The van der Waals surface area contributed by atoms with Gasteiger partial charge in [-0.05, 0) is 25.1 Å². The van der Waals surface area contributed by atoms with Crippen LogP contribution in [0.5, 0.6) is 0 Å². The molecule has 0 radical (unpaired) electrons. The van der Waals surface area contributed by atoms with E-state index in [0.29, 0.717) is 12.1 Å². The topological polar surface area (TPSA) is 66.4 Å². The maximum Gasteiger partial charge on any atom is 0.335 e. The second kappa shape index (κ2) is 5.11. The van der Waals surface area contributed by atoms with Gasteiger partial charge < -0.3 is 10.4 Å². The van der Waals surface area contributed by atoms with E-state index in [1.807, 2.05) is 0 Å². The Kier molecular flexibility index (Phi) is 3.83. The molecular weight excluding hydrogens is 206 g/mol. The number of benzene rings is 1. The fourth-order valence-electron chi connectivity index (χ4n) is 1.13. The van der Waals surface area contributed by atoms with E-state index in [0.717, 1.165) is 5.57 Å². The first-order valence-electron chi connectivity index (χ1n) is 4.76. The van der Waals surface area contributed by atoms with Crippen molar-refractivity contribution in [2.75, 3.05) is 6.54 Å². The van der Waals surface area contributed by atoms with E-state index in [2.05, 4.69) is 11.9 Å². The largest absolute Gasteiger partial charge is 0.478 e. The molecule has 0 unspecified atom stereocenters. The highest BCUT2D eigenvalue weighted by atomic mass is 16.4. The standard InChI is InChI=1S/C12H13NO3/c1-8(2)7-13-11(14)9-4-3-5-10(6-9)12(15)16/h3-6H,1,7H2,2H3,(H,13,14)(H,15,16). The molecule has 0 heterocycles. The predicted octanol–water partition coefficient (Wildman–Crippen LogP) is 1.69. The number of carboxylic acid groups (broad SMARTS) is 1. The lowest BCUT2D eigenvalue weighted by molar-refractivity contribution is 0.0697. The number of aromatic carboxylic acids is 1. The van der Waals surface area contributed by atoms with E-state index in [4.69, 9.17) is 5.11 Å². The van der Waals surface area contributed by atoms with Crippen molar-refractivity contribution >= 4 is 11.9 Å². The fourth-order valence-corrected chi connectivity index (χ4v) is 1.13. The third-order valence-corrected chi connectivity index (χ3v) is 1.92. The summed E-state index contributed by atoms with van der Waals surface area (Å²) in [6.07, 6.45) is 0. The zero-order chi connectivity index (χ0) is 12.1. The molecule has 16 heavy (non-hydrogen) atoms. The van der Waals surface area contributed by atoms with Gasteiger partial charge in [0.2, 0.25) is 0 Å². The van der Waals surface area contributed by atoms with Gasteiger partial charge >= 0.3 is 5.97 Å².